The Morgan fingerprint density at radius 3 is 2.43 bits per heavy atom. The van der Waals surface area contributed by atoms with Crippen LogP contribution in [0, 0.1) is 5.82 Å². The number of aliphatic hydroxyl groups is 1. The number of pyridine rings is 2. The molecule has 3 aromatic heterocycles. The zero-order valence-electron chi connectivity index (χ0n) is 25.5. The van der Waals surface area contributed by atoms with Gasteiger partial charge in [-0.1, -0.05) is 5.24 Å². The first-order valence-corrected chi connectivity index (χ1v) is 14.6. The number of methoxy groups -OCH3 is 2. The van der Waals surface area contributed by atoms with E-state index in [2.05, 4.69) is 36.2 Å². The van der Waals surface area contributed by atoms with Crippen LogP contribution < -0.4 is 26.0 Å². The number of amides is 2. The van der Waals surface area contributed by atoms with Crippen LogP contribution in [0.2, 0.25) is 0 Å². The third kappa shape index (κ3) is 8.83. The largest absolute Gasteiger partial charge is 0.494 e. The van der Waals surface area contributed by atoms with E-state index in [0.29, 0.717) is 24.5 Å². The van der Waals surface area contributed by atoms with Crippen molar-refractivity contribution in [2.24, 2.45) is 0 Å². The Morgan fingerprint density at radius 1 is 1.02 bits per heavy atom. The highest BCUT2D eigenvalue weighted by Crippen LogP contribution is 2.40. The predicted molar refractivity (Wildman–Crippen MR) is 176 cm³/mol. The van der Waals surface area contributed by atoms with Crippen LogP contribution in [0.3, 0.4) is 0 Å². The Kier molecular flexibility index (Phi) is 10.7. The average Bonchev–Trinajstić information content (AvgIpc) is 3.46. The summed E-state index contributed by atoms with van der Waals surface area (Å²) in [7, 11) is 19.7. The van der Waals surface area contributed by atoms with E-state index in [9.17, 15) is 14.7 Å². The molecule has 4 aromatic rings. The van der Waals surface area contributed by atoms with Crippen LogP contribution in [0.25, 0.3) is 11.3 Å². The molecule has 0 atom stereocenters. The standard InChI is InChI=1S/C29H29B3FN7O5S/c1-28(2,43)15-5-6-34-22(9-15)39-23-12-19(18(13-36-23)25(41)40-29(30,31)32)37-20-11-16(33)10-17(24(20)45-4)21-14-46-27(38-21)26(42)35-7-8-44-3/h5-6,9-14,43H,7-8H2,1-4H3,(H,35,42)(H,40,41)(H2,34,36,37,39). The van der Waals surface area contributed by atoms with Gasteiger partial charge in [0.05, 0.1) is 65.5 Å². The number of aromatic nitrogens is 3. The van der Waals surface area contributed by atoms with Gasteiger partial charge in [0.2, 0.25) is 0 Å². The fourth-order valence-corrected chi connectivity index (χ4v) is 4.90. The number of ether oxygens (including phenoxy) is 2. The Balaban J connectivity index is 1.74. The van der Waals surface area contributed by atoms with Gasteiger partial charge < -0.3 is 35.8 Å². The maximum absolute atomic E-state index is 15.1. The summed E-state index contributed by atoms with van der Waals surface area (Å²) in [6, 6.07) is 7.16. The highest BCUT2D eigenvalue weighted by Gasteiger charge is 2.23. The number of nitrogens with one attached hydrogen (secondary N) is 4. The maximum Gasteiger partial charge on any atom is 0.280 e. The fourth-order valence-electron chi connectivity index (χ4n) is 4.17. The summed E-state index contributed by atoms with van der Waals surface area (Å²) in [6.07, 6.45) is 2.75. The van der Waals surface area contributed by atoms with Crippen molar-refractivity contribution in [3.8, 4) is 17.0 Å². The molecular formula is C29H29B3FN7O5S. The van der Waals surface area contributed by atoms with Gasteiger partial charge in [-0.2, -0.15) is 0 Å². The Hall–Kier alpha value is -4.47. The van der Waals surface area contributed by atoms with E-state index < -0.39 is 28.5 Å². The van der Waals surface area contributed by atoms with Crippen LogP contribution in [0.4, 0.5) is 27.4 Å². The quantitative estimate of drug-likeness (QED) is 0.109. The number of benzene rings is 1. The lowest BCUT2D eigenvalue weighted by atomic mass is 9.49. The van der Waals surface area contributed by atoms with Crippen molar-refractivity contribution in [1.82, 2.24) is 25.6 Å². The van der Waals surface area contributed by atoms with Gasteiger partial charge in [-0.05, 0) is 37.6 Å². The first-order chi connectivity index (χ1) is 21.7. The summed E-state index contributed by atoms with van der Waals surface area (Å²) in [4.78, 5) is 38.5. The molecule has 232 valence electrons. The zero-order valence-corrected chi connectivity index (χ0v) is 26.3. The number of carbonyl (C=O) groups excluding carboxylic acids is 2. The third-order valence-electron chi connectivity index (χ3n) is 6.29. The van der Waals surface area contributed by atoms with Crippen LogP contribution in [-0.4, -0.2) is 88.0 Å². The second-order valence-corrected chi connectivity index (χ2v) is 11.4. The molecule has 5 N–H and O–H groups in total. The molecule has 6 radical (unpaired) electrons. The van der Waals surface area contributed by atoms with Crippen LogP contribution >= 0.6 is 11.3 Å². The topological polar surface area (TPSA) is 160 Å². The van der Waals surface area contributed by atoms with E-state index in [0.717, 1.165) is 17.4 Å². The predicted octanol–water partition coefficient (Wildman–Crippen LogP) is 2.69. The number of nitrogens with zero attached hydrogens (tertiary/aromatic N) is 3. The van der Waals surface area contributed by atoms with Gasteiger partial charge in [-0.3, -0.25) is 9.59 Å². The van der Waals surface area contributed by atoms with Gasteiger partial charge >= 0.3 is 0 Å². The van der Waals surface area contributed by atoms with Crippen LogP contribution in [0.5, 0.6) is 5.75 Å². The molecule has 0 spiro atoms. The average molecular weight is 639 g/mol. The lowest BCUT2D eigenvalue weighted by Crippen LogP contribution is -2.50. The lowest BCUT2D eigenvalue weighted by molar-refractivity contribution is 0.0785. The zero-order chi connectivity index (χ0) is 33.6. The van der Waals surface area contributed by atoms with Crippen molar-refractivity contribution in [1.29, 1.82) is 0 Å². The summed E-state index contributed by atoms with van der Waals surface area (Å²) in [5, 5.41) is 21.1. The Bertz CT molecular complexity index is 1730. The lowest BCUT2D eigenvalue weighted by Gasteiger charge is -2.23. The minimum atomic E-state index is -2.05. The van der Waals surface area contributed by atoms with E-state index in [-0.39, 0.29) is 44.8 Å². The fraction of sp³-hybridized carbons (Fsp3) is 0.276. The first kappa shape index (κ1) is 34.4. The van der Waals surface area contributed by atoms with Crippen LogP contribution in [-0.2, 0) is 10.3 Å². The van der Waals surface area contributed by atoms with Crippen molar-refractivity contribution in [3.05, 3.63) is 70.1 Å². The molecule has 4 rings (SSSR count). The number of thiazole rings is 1. The summed E-state index contributed by atoms with van der Waals surface area (Å²) in [5.74, 6) is -1.09. The molecule has 3 heterocycles. The number of anilines is 4. The van der Waals surface area contributed by atoms with Gasteiger partial charge in [0, 0.05) is 49.1 Å². The van der Waals surface area contributed by atoms with Gasteiger partial charge in [0.15, 0.2) is 10.8 Å². The summed E-state index contributed by atoms with van der Waals surface area (Å²) >= 11 is 1.07. The second-order valence-electron chi connectivity index (χ2n) is 10.6. The molecule has 0 aliphatic rings. The molecule has 46 heavy (non-hydrogen) atoms. The van der Waals surface area contributed by atoms with Crippen LogP contribution in [0.15, 0.2) is 48.1 Å². The first-order valence-electron chi connectivity index (χ1n) is 13.7. The van der Waals surface area contributed by atoms with Crippen molar-refractivity contribution in [2.45, 2.75) is 24.7 Å². The number of rotatable bonds is 13. The molecule has 0 saturated carbocycles. The van der Waals surface area contributed by atoms with Crippen molar-refractivity contribution < 1.29 is 28.6 Å². The third-order valence-corrected chi connectivity index (χ3v) is 7.14. The van der Waals surface area contributed by atoms with Crippen molar-refractivity contribution >= 4 is 69.7 Å². The van der Waals surface area contributed by atoms with Crippen molar-refractivity contribution in [3.63, 3.8) is 0 Å². The molecule has 2 amide bonds. The van der Waals surface area contributed by atoms with E-state index in [1.807, 2.05) is 0 Å². The number of halogens is 1. The molecule has 12 nitrogen and oxygen atoms in total. The number of hydrogen-bond donors (Lipinski definition) is 5. The molecule has 0 bridgehead atoms. The molecule has 17 heteroatoms. The van der Waals surface area contributed by atoms with E-state index in [1.54, 1.807) is 31.4 Å². The second kappa shape index (κ2) is 14.3. The molecule has 0 saturated heterocycles. The monoisotopic (exact) mass is 639 g/mol. The van der Waals surface area contributed by atoms with E-state index >= 15 is 4.39 Å². The van der Waals surface area contributed by atoms with Crippen molar-refractivity contribution in [2.75, 3.05) is 38.0 Å². The summed E-state index contributed by atoms with van der Waals surface area (Å²) in [5.41, 5.74) is 0.193. The molecule has 0 aliphatic heterocycles. The van der Waals surface area contributed by atoms with Gasteiger partial charge in [0.25, 0.3) is 11.8 Å². The highest BCUT2D eigenvalue weighted by molar-refractivity contribution is 7.12. The SMILES string of the molecule is [B]C([B])([B])NC(=O)c1cnc(Nc2cc(C(C)(C)O)ccn2)cc1Nc1cc(F)cc(-c2csc(C(=O)NCCOC)n2)c1OC. The van der Waals surface area contributed by atoms with Gasteiger partial charge in [0.1, 0.15) is 17.5 Å². The normalized spacial score (nSPS) is 11.5. The molecule has 0 aliphatic carbocycles. The van der Waals surface area contributed by atoms with E-state index in [1.165, 1.54) is 38.7 Å². The highest BCUT2D eigenvalue weighted by atomic mass is 32.1. The Labute approximate surface area is 273 Å². The van der Waals surface area contributed by atoms with Gasteiger partial charge in [-0.15, -0.1) is 11.3 Å². The number of carbonyl (C=O) groups is 2. The molecule has 0 fully saturated rings. The van der Waals surface area contributed by atoms with E-state index in [4.69, 9.17) is 33.0 Å². The molecular weight excluding hydrogens is 610 g/mol. The summed E-state index contributed by atoms with van der Waals surface area (Å²) < 4.78 is 25.7. The summed E-state index contributed by atoms with van der Waals surface area (Å²) in [6.45, 7) is 3.89. The molecule has 0 unspecified atom stereocenters. The maximum atomic E-state index is 15.1. The minimum absolute atomic E-state index is 0.0500. The number of hydrogen-bond acceptors (Lipinski definition) is 11. The minimum Gasteiger partial charge on any atom is -0.494 e. The molecule has 1 aromatic carbocycles. The Morgan fingerprint density at radius 2 is 1.76 bits per heavy atom. The van der Waals surface area contributed by atoms with Gasteiger partial charge in [-0.25, -0.2) is 19.3 Å². The van der Waals surface area contributed by atoms with Crippen LogP contribution in [0.1, 0.15) is 39.6 Å². The smallest absolute Gasteiger partial charge is 0.280 e.